The molecular weight excluding hydrogens is 168 g/mol. The SMILES string of the molecule is CC(=CCl)CSC(C)CO. The van der Waals surface area contributed by atoms with Crippen molar-refractivity contribution in [2.75, 3.05) is 12.4 Å². The van der Waals surface area contributed by atoms with E-state index in [0.717, 1.165) is 11.3 Å². The predicted octanol–water partition coefficient (Wildman–Crippen LogP) is 2.24. The molecule has 0 amide bonds. The van der Waals surface area contributed by atoms with Crippen LogP contribution in [-0.2, 0) is 0 Å². The lowest BCUT2D eigenvalue weighted by Crippen LogP contribution is -2.03. The molecule has 0 saturated heterocycles. The minimum atomic E-state index is 0.236. The predicted molar refractivity (Wildman–Crippen MR) is 48.6 cm³/mol. The number of rotatable bonds is 4. The van der Waals surface area contributed by atoms with E-state index in [4.69, 9.17) is 16.7 Å². The molecule has 0 aromatic rings. The number of hydrogen-bond donors (Lipinski definition) is 1. The molecule has 10 heavy (non-hydrogen) atoms. The van der Waals surface area contributed by atoms with Gasteiger partial charge in [0.25, 0.3) is 0 Å². The van der Waals surface area contributed by atoms with Crippen LogP contribution in [0.2, 0.25) is 0 Å². The monoisotopic (exact) mass is 180 g/mol. The normalized spacial score (nSPS) is 15.4. The van der Waals surface area contributed by atoms with Crippen LogP contribution >= 0.6 is 23.4 Å². The van der Waals surface area contributed by atoms with Gasteiger partial charge in [0.2, 0.25) is 0 Å². The lowest BCUT2D eigenvalue weighted by molar-refractivity contribution is 0.300. The van der Waals surface area contributed by atoms with E-state index >= 15 is 0 Å². The second kappa shape index (κ2) is 6.08. The summed E-state index contributed by atoms with van der Waals surface area (Å²) >= 11 is 7.15. The molecule has 0 rings (SSSR count). The summed E-state index contributed by atoms with van der Waals surface area (Å²) in [6.45, 7) is 4.20. The molecule has 0 heterocycles. The first kappa shape index (κ1) is 10.3. The molecule has 1 atom stereocenters. The molecule has 60 valence electrons. The fourth-order valence-corrected chi connectivity index (χ4v) is 1.26. The third kappa shape index (κ3) is 5.15. The second-order valence-electron chi connectivity index (χ2n) is 2.26. The number of aliphatic hydroxyl groups excluding tert-OH is 1. The van der Waals surface area contributed by atoms with E-state index in [1.165, 1.54) is 0 Å². The Morgan fingerprint density at radius 1 is 1.80 bits per heavy atom. The van der Waals surface area contributed by atoms with E-state index in [1.807, 2.05) is 13.8 Å². The minimum absolute atomic E-state index is 0.236. The second-order valence-corrected chi connectivity index (χ2v) is 3.90. The standard InChI is InChI=1S/C7H13ClOS/c1-6(3-8)5-10-7(2)4-9/h3,7,9H,4-5H2,1-2H3. The lowest BCUT2D eigenvalue weighted by atomic mass is 10.4. The molecule has 0 aromatic heterocycles. The molecule has 0 saturated carbocycles. The Hall–Kier alpha value is 0.340. The summed E-state index contributed by atoms with van der Waals surface area (Å²) in [6.07, 6.45) is 0. The number of thioether (sulfide) groups is 1. The Balaban J connectivity index is 3.35. The molecule has 1 unspecified atom stereocenters. The number of hydrogen-bond acceptors (Lipinski definition) is 2. The lowest BCUT2D eigenvalue weighted by Gasteiger charge is -2.05. The number of halogens is 1. The third-order valence-electron chi connectivity index (χ3n) is 1.04. The van der Waals surface area contributed by atoms with Crippen molar-refractivity contribution >= 4 is 23.4 Å². The summed E-state index contributed by atoms with van der Waals surface area (Å²) in [6, 6.07) is 0. The van der Waals surface area contributed by atoms with E-state index in [-0.39, 0.29) is 6.61 Å². The summed E-state index contributed by atoms with van der Waals surface area (Å²) in [5.41, 5.74) is 2.73. The van der Waals surface area contributed by atoms with E-state index in [2.05, 4.69) is 0 Å². The van der Waals surface area contributed by atoms with E-state index < -0.39 is 0 Å². The van der Waals surface area contributed by atoms with Crippen LogP contribution in [0, 0.1) is 0 Å². The highest BCUT2D eigenvalue weighted by atomic mass is 35.5. The van der Waals surface area contributed by atoms with Gasteiger partial charge in [0.15, 0.2) is 0 Å². The molecule has 0 radical (unpaired) electrons. The Labute approximate surface area is 71.5 Å². The van der Waals surface area contributed by atoms with Crippen LogP contribution in [-0.4, -0.2) is 22.7 Å². The molecule has 1 nitrogen and oxygen atoms in total. The first-order valence-electron chi connectivity index (χ1n) is 3.19. The first-order chi connectivity index (χ1) is 4.70. The molecular formula is C7H13ClOS. The molecule has 0 aliphatic heterocycles. The van der Waals surface area contributed by atoms with E-state index in [0.29, 0.717) is 5.25 Å². The maximum atomic E-state index is 8.65. The highest BCUT2D eigenvalue weighted by Gasteiger charge is 1.99. The fraction of sp³-hybridized carbons (Fsp3) is 0.714. The highest BCUT2D eigenvalue weighted by molar-refractivity contribution is 8.00. The average Bonchev–Trinajstić information content (AvgIpc) is 1.99. The molecule has 0 fully saturated rings. The minimum Gasteiger partial charge on any atom is -0.395 e. The summed E-state index contributed by atoms with van der Waals surface area (Å²) in [7, 11) is 0. The Bertz CT molecular complexity index is 114. The summed E-state index contributed by atoms with van der Waals surface area (Å²) in [5, 5.41) is 8.96. The van der Waals surface area contributed by atoms with Crippen LogP contribution < -0.4 is 0 Å². The summed E-state index contributed by atoms with van der Waals surface area (Å²) in [5.74, 6) is 0.908. The largest absolute Gasteiger partial charge is 0.395 e. The van der Waals surface area contributed by atoms with Crippen molar-refractivity contribution in [2.45, 2.75) is 19.1 Å². The maximum Gasteiger partial charge on any atom is 0.0547 e. The van der Waals surface area contributed by atoms with Crippen molar-refractivity contribution < 1.29 is 5.11 Å². The smallest absolute Gasteiger partial charge is 0.0547 e. The molecule has 0 aliphatic rings. The van der Waals surface area contributed by atoms with E-state index in [9.17, 15) is 0 Å². The quantitative estimate of drug-likeness (QED) is 0.716. The molecule has 1 N–H and O–H groups in total. The molecule has 0 bridgehead atoms. The molecule has 0 aliphatic carbocycles. The molecule has 0 aromatic carbocycles. The van der Waals surface area contributed by atoms with Crippen LogP contribution in [0.1, 0.15) is 13.8 Å². The van der Waals surface area contributed by atoms with Gasteiger partial charge in [0, 0.05) is 16.5 Å². The summed E-state index contributed by atoms with van der Waals surface area (Å²) < 4.78 is 0. The van der Waals surface area contributed by atoms with Crippen LogP contribution in [0.15, 0.2) is 11.1 Å². The van der Waals surface area contributed by atoms with Gasteiger partial charge in [-0.25, -0.2) is 0 Å². The Morgan fingerprint density at radius 2 is 2.40 bits per heavy atom. The first-order valence-corrected chi connectivity index (χ1v) is 4.67. The van der Waals surface area contributed by atoms with Crippen molar-refractivity contribution in [2.24, 2.45) is 0 Å². The zero-order chi connectivity index (χ0) is 7.98. The van der Waals surface area contributed by atoms with Crippen LogP contribution in [0.3, 0.4) is 0 Å². The highest BCUT2D eigenvalue weighted by Crippen LogP contribution is 2.13. The van der Waals surface area contributed by atoms with Crippen LogP contribution in [0.5, 0.6) is 0 Å². The van der Waals surface area contributed by atoms with Gasteiger partial charge in [0.1, 0.15) is 0 Å². The Kier molecular flexibility index (Phi) is 6.28. The van der Waals surface area contributed by atoms with Crippen molar-refractivity contribution in [1.82, 2.24) is 0 Å². The van der Waals surface area contributed by atoms with Gasteiger partial charge in [-0.1, -0.05) is 24.1 Å². The summed E-state index contributed by atoms with van der Waals surface area (Å²) in [4.78, 5) is 0. The average molecular weight is 181 g/mol. The van der Waals surface area contributed by atoms with Crippen molar-refractivity contribution in [3.8, 4) is 0 Å². The van der Waals surface area contributed by atoms with Gasteiger partial charge in [0.05, 0.1) is 6.61 Å². The van der Waals surface area contributed by atoms with Gasteiger partial charge in [-0.05, 0) is 6.92 Å². The Morgan fingerprint density at radius 3 is 2.80 bits per heavy atom. The van der Waals surface area contributed by atoms with Gasteiger partial charge >= 0.3 is 0 Å². The van der Waals surface area contributed by atoms with E-state index in [1.54, 1.807) is 17.3 Å². The van der Waals surface area contributed by atoms with Crippen LogP contribution in [0.4, 0.5) is 0 Å². The third-order valence-corrected chi connectivity index (χ3v) is 2.75. The maximum absolute atomic E-state index is 8.65. The topological polar surface area (TPSA) is 20.2 Å². The molecule has 3 heteroatoms. The number of aliphatic hydroxyl groups is 1. The van der Waals surface area contributed by atoms with Crippen molar-refractivity contribution in [3.05, 3.63) is 11.1 Å². The molecule has 0 spiro atoms. The van der Waals surface area contributed by atoms with Crippen molar-refractivity contribution in [3.63, 3.8) is 0 Å². The van der Waals surface area contributed by atoms with Gasteiger partial charge in [-0.15, -0.1) is 0 Å². The van der Waals surface area contributed by atoms with Gasteiger partial charge < -0.3 is 5.11 Å². The van der Waals surface area contributed by atoms with Crippen LogP contribution in [0.25, 0.3) is 0 Å². The zero-order valence-corrected chi connectivity index (χ0v) is 7.87. The zero-order valence-electron chi connectivity index (χ0n) is 6.30. The van der Waals surface area contributed by atoms with Crippen molar-refractivity contribution in [1.29, 1.82) is 0 Å². The van der Waals surface area contributed by atoms with Gasteiger partial charge in [-0.2, -0.15) is 11.8 Å². The van der Waals surface area contributed by atoms with Gasteiger partial charge in [-0.3, -0.25) is 0 Å². The fourth-order valence-electron chi connectivity index (χ4n) is 0.358.